The maximum absolute atomic E-state index is 10.7. The van der Waals surface area contributed by atoms with Crippen LogP contribution in [-0.2, 0) is 6.54 Å². The van der Waals surface area contributed by atoms with Crippen molar-refractivity contribution in [3.8, 4) is 23.3 Å². The zero-order chi connectivity index (χ0) is 18.8. The van der Waals surface area contributed by atoms with E-state index in [-0.39, 0.29) is 17.9 Å². The summed E-state index contributed by atoms with van der Waals surface area (Å²) >= 11 is 0. The highest BCUT2D eigenvalue weighted by Crippen LogP contribution is 2.67. The molecule has 0 amide bonds. The average Bonchev–Trinajstić information content (AvgIpc) is 3.24. The number of benzene rings is 1. The number of nitrogens with one attached hydrogen (secondary N) is 1. The van der Waals surface area contributed by atoms with Crippen molar-refractivity contribution >= 4 is 0 Å². The van der Waals surface area contributed by atoms with Crippen molar-refractivity contribution in [3.63, 3.8) is 0 Å². The van der Waals surface area contributed by atoms with Crippen LogP contribution in [0, 0.1) is 11.8 Å². The number of hydrogen-bond donors (Lipinski definition) is 3. The minimum atomic E-state index is -0.0516. The van der Waals surface area contributed by atoms with Gasteiger partial charge in [-0.2, -0.15) is 0 Å². The molecular weight excluding hydrogens is 356 g/mol. The Morgan fingerprint density at radius 2 is 1.68 bits per heavy atom. The molecule has 146 valence electrons. The average molecular weight is 380 g/mol. The van der Waals surface area contributed by atoms with Gasteiger partial charge < -0.3 is 25.0 Å². The van der Waals surface area contributed by atoms with Crippen LogP contribution in [0.3, 0.4) is 0 Å². The van der Waals surface area contributed by atoms with Gasteiger partial charge in [0.2, 0.25) is 0 Å². The van der Waals surface area contributed by atoms with Crippen LogP contribution in [0.5, 0.6) is 23.3 Å². The van der Waals surface area contributed by atoms with E-state index in [0.29, 0.717) is 49.9 Å². The first kappa shape index (κ1) is 16.4. The summed E-state index contributed by atoms with van der Waals surface area (Å²) in [5, 5.41) is 24.8. The van der Waals surface area contributed by atoms with Crippen LogP contribution in [-0.4, -0.2) is 40.6 Å². The Balaban J connectivity index is 1.09. The molecule has 4 aliphatic rings. The number of aromatic hydroxyl groups is 2. The number of hydrogen-bond acceptors (Lipinski definition) is 5. The molecule has 6 heteroatoms. The van der Waals surface area contributed by atoms with Crippen LogP contribution in [0.4, 0.5) is 0 Å². The van der Waals surface area contributed by atoms with E-state index >= 15 is 0 Å². The highest BCUT2D eigenvalue weighted by molar-refractivity contribution is 5.58. The number of allylic oxidation sites excluding steroid dienone is 2. The zero-order valence-corrected chi connectivity index (χ0v) is 15.5. The van der Waals surface area contributed by atoms with Crippen molar-refractivity contribution in [2.45, 2.75) is 30.9 Å². The molecule has 1 unspecified atom stereocenters. The predicted octanol–water partition coefficient (Wildman–Crippen LogP) is 2.72. The van der Waals surface area contributed by atoms with Crippen LogP contribution >= 0.6 is 0 Å². The van der Waals surface area contributed by atoms with E-state index in [1.807, 2.05) is 24.3 Å². The van der Waals surface area contributed by atoms with Gasteiger partial charge in [0.1, 0.15) is 12.7 Å². The van der Waals surface area contributed by atoms with E-state index < -0.39 is 0 Å². The molecule has 2 aromatic rings. The Morgan fingerprint density at radius 3 is 2.36 bits per heavy atom. The van der Waals surface area contributed by atoms with E-state index in [9.17, 15) is 10.2 Å². The van der Waals surface area contributed by atoms with Crippen LogP contribution < -0.4 is 14.8 Å². The molecule has 1 aliphatic heterocycles. The summed E-state index contributed by atoms with van der Waals surface area (Å²) in [5.41, 5.74) is 1.99. The van der Waals surface area contributed by atoms with Crippen molar-refractivity contribution in [2.24, 2.45) is 11.8 Å². The van der Waals surface area contributed by atoms with Gasteiger partial charge in [0.25, 0.3) is 0 Å². The highest BCUT2D eigenvalue weighted by atomic mass is 16.6. The Morgan fingerprint density at radius 1 is 1.00 bits per heavy atom. The van der Waals surface area contributed by atoms with Gasteiger partial charge in [0.15, 0.2) is 23.3 Å². The van der Waals surface area contributed by atoms with Gasteiger partial charge >= 0.3 is 0 Å². The normalized spacial score (nSPS) is 30.8. The van der Waals surface area contributed by atoms with Crippen molar-refractivity contribution in [1.29, 1.82) is 0 Å². The minimum Gasteiger partial charge on any atom is -0.494 e. The largest absolute Gasteiger partial charge is 0.494 e. The Bertz CT molecular complexity index is 924. The molecule has 0 spiro atoms. The van der Waals surface area contributed by atoms with E-state index in [2.05, 4.69) is 17.5 Å². The Kier molecular flexibility index (Phi) is 3.48. The van der Waals surface area contributed by atoms with Crippen LogP contribution in [0.15, 0.2) is 36.4 Å². The first-order valence-corrected chi connectivity index (χ1v) is 10.1. The number of ether oxygens (including phenoxy) is 2. The molecule has 2 bridgehead atoms. The van der Waals surface area contributed by atoms with Crippen molar-refractivity contribution in [3.05, 3.63) is 47.5 Å². The molecular formula is C22H24N2O4. The molecule has 6 rings (SSSR count). The van der Waals surface area contributed by atoms with Gasteiger partial charge in [-0.25, -0.2) is 0 Å². The molecule has 1 saturated carbocycles. The lowest BCUT2D eigenvalue weighted by Gasteiger charge is -2.33. The first-order chi connectivity index (χ1) is 13.7. The van der Waals surface area contributed by atoms with E-state index in [4.69, 9.17) is 9.47 Å². The lowest BCUT2D eigenvalue weighted by atomic mass is 9.70. The summed E-state index contributed by atoms with van der Waals surface area (Å²) in [6.45, 7) is 2.32. The molecule has 2 heterocycles. The molecule has 3 N–H and O–H groups in total. The van der Waals surface area contributed by atoms with Gasteiger partial charge in [-0.3, -0.25) is 4.57 Å². The first-order valence-electron chi connectivity index (χ1n) is 10.1. The molecule has 6 nitrogen and oxygen atoms in total. The SMILES string of the molecule is Oc1c2c(c(O)n1CCNCC1COc3ccccc3O1)[C@@H]1C[C@H]2[C@H]2C=C[C@H]21. The number of rotatable bonds is 5. The Labute approximate surface area is 163 Å². The molecule has 5 atom stereocenters. The maximum Gasteiger partial charge on any atom is 0.197 e. The van der Waals surface area contributed by atoms with Gasteiger partial charge in [0.05, 0.1) is 0 Å². The van der Waals surface area contributed by atoms with Crippen molar-refractivity contribution in [2.75, 3.05) is 19.7 Å². The topological polar surface area (TPSA) is 75.9 Å². The van der Waals surface area contributed by atoms with Crippen LogP contribution in [0.25, 0.3) is 0 Å². The molecule has 28 heavy (non-hydrogen) atoms. The van der Waals surface area contributed by atoms with E-state index in [0.717, 1.165) is 29.0 Å². The molecule has 1 fully saturated rings. The highest BCUT2D eigenvalue weighted by Gasteiger charge is 2.55. The summed E-state index contributed by atoms with van der Waals surface area (Å²) in [6.07, 6.45) is 5.54. The number of nitrogens with zero attached hydrogens (tertiary/aromatic N) is 1. The number of aromatic nitrogens is 1. The lowest BCUT2D eigenvalue weighted by molar-refractivity contribution is 0.0903. The third kappa shape index (κ3) is 2.18. The second-order valence-corrected chi connectivity index (χ2v) is 8.32. The maximum atomic E-state index is 10.7. The fourth-order valence-corrected chi connectivity index (χ4v) is 5.57. The lowest BCUT2D eigenvalue weighted by Crippen LogP contribution is -2.39. The van der Waals surface area contributed by atoms with Gasteiger partial charge in [-0.05, 0) is 42.2 Å². The fourth-order valence-electron chi connectivity index (χ4n) is 5.57. The second-order valence-electron chi connectivity index (χ2n) is 8.32. The molecule has 3 aliphatic carbocycles. The molecule has 1 aromatic heterocycles. The quantitative estimate of drug-likeness (QED) is 0.549. The molecule has 0 saturated heterocycles. The third-order valence-electron chi connectivity index (χ3n) is 6.91. The molecule has 1 aromatic carbocycles. The number of fused-ring (bicyclic) bond motifs is 9. The summed E-state index contributed by atoms with van der Waals surface area (Å²) in [4.78, 5) is 0. The van der Waals surface area contributed by atoms with Gasteiger partial charge in [-0.1, -0.05) is 24.3 Å². The van der Waals surface area contributed by atoms with Gasteiger partial charge in [-0.15, -0.1) is 0 Å². The van der Waals surface area contributed by atoms with Crippen LogP contribution in [0.2, 0.25) is 0 Å². The predicted molar refractivity (Wildman–Crippen MR) is 103 cm³/mol. The monoisotopic (exact) mass is 380 g/mol. The zero-order valence-electron chi connectivity index (χ0n) is 15.5. The summed E-state index contributed by atoms with van der Waals surface area (Å²) < 4.78 is 13.3. The number of para-hydroxylation sites is 2. The third-order valence-corrected chi connectivity index (χ3v) is 6.91. The summed E-state index contributed by atoms with van der Waals surface area (Å²) in [5.74, 6) is 3.94. The fraction of sp³-hybridized carbons (Fsp3) is 0.455. The summed E-state index contributed by atoms with van der Waals surface area (Å²) in [6, 6.07) is 7.69. The second kappa shape index (κ2) is 5.95. The molecule has 0 radical (unpaired) electrons. The van der Waals surface area contributed by atoms with E-state index in [1.165, 1.54) is 0 Å². The Hall–Kier alpha value is -2.60. The standard InChI is InChI=1S/C22H24N2O4/c25-21-19-15-9-16(14-6-5-13(14)15)20(19)22(26)24(21)8-7-23-10-12-11-27-17-3-1-2-4-18(17)28-12/h1-6,12-16,23,25-26H,7-11H2/t12?,13-,14+,15-,16+. The van der Waals surface area contributed by atoms with Crippen molar-refractivity contribution < 1.29 is 19.7 Å². The minimum absolute atomic E-state index is 0.0516. The smallest absolute Gasteiger partial charge is 0.197 e. The van der Waals surface area contributed by atoms with Crippen LogP contribution in [0.1, 0.15) is 29.4 Å². The van der Waals surface area contributed by atoms with Gasteiger partial charge in [0, 0.05) is 30.8 Å². The van der Waals surface area contributed by atoms with E-state index in [1.54, 1.807) is 4.57 Å². The van der Waals surface area contributed by atoms with Crippen molar-refractivity contribution in [1.82, 2.24) is 9.88 Å². The summed E-state index contributed by atoms with van der Waals surface area (Å²) in [7, 11) is 0.